The van der Waals surface area contributed by atoms with Gasteiger partial charge in [0, 0.05) is 23.5 Å². The van der Waals surface area contributed by atoms with Crippen LogP contribution in [-0.4, -0.2) is 39.0 Å². The molecule has 0 saturated carbocycles. The number of carbonyl (C=O) groups excluding carboxylic acids is 2. The zero-order valence-electron chi connectivity index (χ0n) is 14.4. The number of ketones is 1. The van der Waals surface area contributed by atoms with E-state index in [9.17, 15) is 9.59 Å². The van der Waals surface area contributed by atoms with Gasteiger partial charge < -0.3 is 9.30 Å². The molecule has 2 heterocycles. The number of anilines is 1. The first-order chi connectivity index (χ1) is 12.0. The van der Waals surface area contributed by atoms with Crippen LogP contribution in [0.25, 0.3) is 0 Å². The summed E-state index contributed by atoms with van der Waals surface area (Å²) in [5, 5.41) is 10.7. The molecule has 9 heteroatoms. The predicted octanol–water partition coefficient (Wildman–Crippen LogP) is 3.69. The van der Waals surface area contributed by atoms with Crippen LogP contribution < -0.4 is 5.32 Å². The first-order valence-electron chi connectivity index (χ1n) is 7.67. The number of Topliss-reactive ketones (excluding diaryl/α,β-unsaturated/α-hetero) is 1. The number of carbonyl (C=O) groups is 2. The number of rotatable bonds is 8. The quantitative estimate of drug-likeness (QED) is 0.325. The molecule has 0 aromatic carbocycles. The Bertz CT molecular complexity index is 782. The zero-order chi connectivity index (χ0) is 18.4. The van der Waals surface area contributed by atoms with Gasteiger partial charge in [0.2, 0.25) is 5.13 Å². The summed E-state index contributed by atoms with van der Waals surface area (Å²) < 4.78 is 7.44. The average Bonchev–Trinajstić information content (AvgIpc) is 3.12. The van der Waals surface area contributed by atoms with Gasteiger partial charge in [0.05, 0.1) is 12.4 Å². The summed E-state index contributed by atoms with van der Waals surface area (Å²) in [7, 11) is 0. The first-order valence-corrected chi connectivity index (χ1v) is 9.47. The lowest BCUT2D eigenvalue weighted by Crippen LogP contribution is -2.12. The highest BCUT2D eigenvalue weighted by atomic mass is 32.2. The highest BCUT2D eigenvalue weighted by Crippen LogP contribution is 2.27. The number of hydrogen-bond donors (Lipinski definition) is 1. The minimum atomic E-state index is -0.569. The van der Waals surface area contributed by atoms with Gasteiger partial charge in [0.15, 0.2) is 10.1 Å². The van der Waals surface area contributed by atoms with Crippen LogP contribution in [0.5, 0.6) is 0 Å². The molecule has 0 radical (unpaired) electrons. The number of nitrogens with zero attached hydrogens (tertiary/aromatic N) is 3. The second-order valence-corrected chi connectivity index (χ2v) is 7.31. The number of ether oxygens (including phenoxy) is 1. The second-order valence-electron chi connectivity index (χ2n) is 5.11. The Balaban J connectivity index is 1.96. The lowest BCUT2D eigenvalue weighted by atomic mass is 10.2. The Kier molecular flexibility index (Phi) is 6.77. The fourth-order valence-corrected chi connectivity index (χ4v) is 3.89. The molecule has 0 atom stereocenters. The molecule has 2 rings (SSSR count). The van der Waals surface area contributed by atoms with E-state index in [2.05, 4.69) is 26.7 Å². The van der Waals surface area contributed by atoms with Crippen molar-refractivity contribution in [3.8, 4) is 0 Å². The van der Waals surface area contributed by atoms with Gasteiger partial charge in [0.1, 0.15) is 0 Å². The van der Waals surface area contributed by atoms with E-state index in [1.807, 2.05) is 26.0 Å². The number of amides is 1. The fraction of sp³-hybridized carbons (Fsp3) is 0.375. The molecule has 2 aromatic heterocycles. The van der Waals surface area contributed by atoms with Crippen LogP contribution in [0.4, 0.5) is 9.93 Å². The normalized spacial score (nSPS) is 10.5. The van der Waals surface area contributed by atoms with E-state index in [-0.39, 0.29) is 18.1 Å². The standard InChI is InChI=1S/C16H20N4O3S2/c1-5-7-20-10(3)8-12(11(20)4)13(21)9-24-16-19-18-14(25-16)17-15(22)23-6-2/h5,8H,1,6-7,9H2,2-4H3,(H,17,18,22). The molecule has 1 amide bonds. The maximum atomic E-state index is 12.5. The molecule has 2 aromatic rings. The molecule has 0 aliphatic carbocycles. The summed E-state index contributed by atoms with van der Waals surface area (Å²) in [6, 6.07) is 1.90. The van der Waals surface area contributed by atoms with Crippen molar-refractivity contribution in [1.29, 1.82) is 0 Å². The van der Waals surface area contributed by atoms with E-state index in [0.29, 0.717) is 21.6 Å². The summed E-state index contributed by atoms with van der Waals surface area (Å²) in [5.74, 6) is 0.287. The van der Waals surface area contributed by atoms with E-state index >= 15 is 0 Å². The molecule has 0 fully saturated rings. The molecule has 25 heavy (non-hydrogen) atoms. The summed E-state index contributed by atoms with van der Waals surface area (Å²) in [4.78, 5) is 23.8. The molecule has 0 aliphatic rings. The Hall–Kier alpha value is -2.13. The summed E-state index contributed by atoms with van der Waals surface area (Å²) >= 11 is 2.50. The van der Waals surface area contributed by atoms with Crippen LogP contribution in [0.1, 0.15) is 28.7 Å². The topological polar surface area (TPSA) is 86.1 Å². The lowest BCUT2D eigenvalue weighted by Gasteiger charge is -2.05. The van der Waals surface area contributed by atoms with Crippen LogP contribution in [-0.2, 0) is 11.3 Å². The Morgan fingerprint density at radius 2 is 2.20 bits per heavy atom. The Morgan fingerprint density at radius 3 is 2.88 bits per heavy atom. The van der Waals surface area contributed by atoms with Crippen molar-refractivity contribution >= 4 is 40.1 Å². The number of aromatic nitrogens is 3. The predicted molar refractivity (Wildman–Crippen MR) is 99.7 cm³/mol. The molecule has 0 spiro atoms. The number of nitrogens with one attached hydrogen (secondary N) is 1. The first kappa shape index (κ1) is 19.2. The Labute approximate surface area is 154 Å². The molecule has 0 unspecified atom stereocenters. The maximum Gasteiger partial charge on any atom is 0.413 e. The SMILES string of the molecule is C=CCn1c(C)cc(C(=O)CSc2nnc(NC(=O)OCC)s2)c1C. The van der Waals surface area contributed by atoms with Gasteiger partial charge in [-0.2, -0.15) is 0 Å². The lowest BCUT2D eigenvalue weighted by molar-refractivity contribution is 0.102. The third-order valence-corrected chi connectivity index (χ3v) is 5.38. The summed E-state index contributed by atoms with van der Waals surface area (Å²) in [6.45, 7) is 10.3. The monoisotopic (exact) mass is 380 g/mol. The van der Waals surface area contributed by atoms with Crippen molar-refractivity contribution in [2.75, 3.05) is 17.7 Å². The average molecular weight is 380 g/mol. The molecule has 134 valence electrons. The van der Waals surface area contributed by atoms with Gasteiger partial charge in [-0.1, -0.05) is 29.2 Å². The van der Waals surface area contributed by atoms with E-state index in [4.69, 9.17) is 4.74 Å². The van der Waals surface area contributed by atoms with E-state index in [1.54, 1.807) is 6.92 Å². The van der Waals surface area contributed by atoms with Crippen molar-refractivity contribution in [2.24, 2.45) is 0 Å². The molecular formula is C16H20N4O3S2. The van der Waals surface area contributed by atoms with Gasteiger partial charge in [0.25, 0.3) is 0 Å². The van der Waals surface area contributed by atoms with Crippen molar-refractivity contribution in [2.45, 2.75) is 31.7 Å². The van der Waals surface area contributed by atoms with Crippen LogP contribution in [0.3, 0.4) is 0 Å². The summed E-state index contributed by atoms with van der Waals surface area (Å²) in [6.07, 6.45) is 1.24. The molecule has 0 saturated heterocycles. The van der Waals surface area contributed by atoms with Crippen molar-refractivity contribution < 1.29 is 14.3 Å². The summed E-state index contributed by atoms with van der Waals surface area (Å²) in [5.41, 5.74) is 2.67. The van der Waals surface area contributed by atoms with E-state index < -0.39 is 6.09 Å². The second kappa shape index (κ2) is 8.82. The zero-order valence-corrected chi connectivity index (χ0v) is 16.0. The van der Waals surface area contributed by atoms with Gasteiger partial charge >= 0.3 is 6.09 Å². The smallest absolute Gasteiger partial charge is 0.413 e. The Morgan fingerprint density at radius 1 is 1.44 bits per heavy atom. The van der Waals surface area contributed by atoms with Crippen LogP contribution in [0, 0.1) is 13.8 Å². The maximum absolute atomic E-state index is 12.5. The van der Waals surface area contributed by atoms with E-state index in [0.717, 1.165) is 11.4 Å². The molecule has 7 nitrogen and oxygen atoms in total. The van der Waals surface area contributed by atoms with Crippen LogP contribution >= 0.6 is 23.1 Å². The van der Waals surface area contributed by atoms with Gasteiger partial charge in [-0.15, -0.1) is 16.8 Å². The van der Waals surface area contributed by atoms with Crippen LogP contribution in [0.15, 0.2) is 23.1 Å². The van der Waals surface area contributed by atoms with Gasteiger partial charge in [-0.3, -0.25) is 10.1 Å². The number of thioether (sulfide) groups is 1. The number of allylic oxidation sites excluding steroid dienone is 1. The minimum absolute atomic E-state index is 0.0310. The third-order valence-electron chi connectivity index (χ3n) is 3.40. The largest absolute Gasteiger partial charge is 0.450 e. The minimum Gasteiger partial charge on any atom is -0.450 e. The number of hydrogen-bond acceptors (Lipinski definition) is 7. The third kappa shape index (κ3) is 4.93. The highest BCUT2D eigenvalue weighted by Gasteiger charge is 2.17. The van der Waals surface area contributed by atoms with Crippen molar-refractivity contribution in [1.82, 2.24) is 14.8 Å². The fourth-order valence-electron chi connectivity index (χ4n) is 2.27. The molecular weight excluding hydrogens is 360 g/mol. The van der Waals surface area contributed by atoms with Crippen LogP contribution in [0.2, 0.25) is 0 Å². The molecule has 0 aliphatic heterocycles. The van der Waals surface area contributed by atoms with Crippen molar-refractivity contribution in [3.05, 3.63) is 35.7 Å². The van der Waals surface area contributed by atoms with Gasteiger partial charge in [-0.05, 0) is 26.8 Å². The highest BCUT2D eigenvalue weighted by molar-refractivity contribution is 8.01. The number of aryl methyl sites for hydroxylation is 1. The van der Waals surface area contributed by atoms with Gasteiger partial charge in [-0.25, -0.2) is 4.79 Å². The van der Waals surface area contributed by atoms with Crippen molar-refractivity contribution in [3.63, 3.8) is 0 Å². The molecule has 0 bridgehead atoms. The molecule has 1 N–H and O–H groups in total. The van der Waals surface area contributed by atoms with E-state index in [1.165, 1.54) is 23.1 Å².